The largest absolute Gasteiger partial charge is 0.478 e. The number of Topliss-reactive ketones (excluding diaryl/α,β-unsaturated/α-hetero) is 1. The van der Waals surface area contributed by atoms with Gasteiger partial charge in [-0.1, -0.05) is 66.7 Å². The van der Waals surface area contributed by atoms with Crippen molar-refractivity contribution < 1.29 is 24.2 Å². The standard InChI is InChI=1S/C10H12O2.C7H15NO.C7H14O2/c1-7(2)8-5-3-4-6-9(8)10(11)12;1-5(2)4-7(8)6(3)9;1-5(2)6(3)7(8)9-4/h3-7H,1-2H3,(H,11,12);5,7H,4,8H2,1-3H3;5-6H,1-4H3. The number of aromatic carboxylic acids is 1. The molecule has 0 aromatic heterocycles. The van der Waals surface area contributed by atoms with Crippen LogP contribution in [0.3, 0.4) is 0 Å². The van der Waals surface area contributed by atoms with Gasteiger partial charge < -0.3 is 15.6 Å². The molecule has 0 aliphatic heterocycles. The van der Waals surface area contributed by atoms with E-state index < -0.39 is 5.97 Å². The molecule has 0 spiro atoms. The molecule has 0 saturated heterocycles. The molecule has 172 valence electrons. The third-order valence-electron chi connectivity index (χ3n) is 4.63. The van der Waals surface area contributed by atoms with Crippen molar-refractivity contribution in [3.8, 4) is 0 Å². The molecule has 1 aromatic rings. The van der Waals surface area contributed by atoms with Crippen LogP contribution in [-0.2, 0) is 14.3 Å². The number of carboxylic acids is 1. The molecule has 0 amide bonds. The zero-order chi connectivity index (χ0) is 24.0. The molecule has 1 aromatic carbocycles. The number of carbonyl (C=O) groups is 3. The minimum Gasteiger partial charge on any atom is -0.478 e. The lowest BCUT2D eigenvalue weighted by Crippen LogP contribution is -2.29. The minimum absolute atomic E-state index is 0.0231. The molecule has 6 nitrogen and oxygen atoms in total. The van der Waals surface area contributed by atoms with E-state index in [2.05, 4.69) is 18.6 Å². The third kappa shape index (κ3) is 13.1. The summed E-state index contributed by atoms with van der Waals surface area (Å²) >= 11 is 0. The lowest BCUT2D eigenvalue weighted by molar-refractivity contribution is -0.146. The maximum absolute atomic E-state index is 10.7. The van der Waals surface area contributed by atoms with Crippen molar-refractivity contribution in [2.45, 2.75) is 73.8 Å². The number of methoxy groups -OCH3 is 1. The first kappa shape index (κ1) is 30.0. The van der Waals surface area contributed by atoms with Crippen LogP contribution in [-0.4, -0.2) is 36.0 Å². The summed E-state index contributed by atoms with van der Waals surface area (Å²) < 4.78 is 4.53. The molecule has 2 unspecified atom stereocenters. The van der Waals surface area contributed by atoms with Gasteiger partial charge in [0.15, 0.2) is 0 Å². The van der Waals surface area contributed by atoms with Gasteiger partial charge >= 0.3 is 11.9 Å². The van der Waals surface area contributed by atoms with Gasteiger partial charge in [0.2, 0.25) is 0 Å². The van der Waals surface area contributed by atoms with E-state index in [-0.39, 0.29) is 29.6 Å². The first-order valence-corrected chi connectivity index (χ1v) is 10.4. The van der Waals surface area contributed by atoms with Crippen LogP contribution in [0.2, 0.25) is 0 Å². The van der Waals surface area contributed by atoms with Crippen LogP contribution in [0.15, 0.2) is 24.3 Å². The Bertz CT molecular complexity index is 653. The maximum atomic E-state index is 10.7. The van der Waals surface area contributed by atoms with Gasteiger partial charge in [-0.15, -0.1) is 0 Å². The number of carboxylic acid groups (broad SMARTS) is 1. The van der Waals surface area contributed by atoms with Crippen molar-refractivity contribution in [1.82, 2.24) is 0 Å². The molecule has 2 atom stereocenters. The van der Waals surface area contributed by atoms with E-state index in [0.717, 1.165) is 12.0 Å². The molecule has 0 bridgehead atoms. The van der Waals surface area contributed by atoms with Crippen LogP contribution in [0.25, 0.3) is 0 Å². The van der Waals surface area contributed by atoms with Gasteiger partial charge in [-0.3, -0.25) is 9.59 Å². The highest BCUT2D eigenvalue weighted by atomic mass is 16.5. The van der Waals surface area contributed by atoms with Crippen LogP contribution in [0.1, 0.15) is 83.7 Å². The fourth-order valence-corrected chi connectivity index (χ4v) is 2.33. The van der Waals surface area contributed by atoms with Crippen LogP contribution in [0.4, 0.5) is 0 Å². The first-order valence-electron chi connectivity index (χ1n) is 10.4. The SMILES string of the molecule is CC(=O)C(N)CC(C)C.CC(C)c1ccccc1C(=O)O.COC(=O)C(C)C(C)C. The Kier molecular flexibility index (Phi) is 15.6. The molecule has 0 radical (unpaired) electrons. The molecule has 1 rings (SSSR count). The molecule has 6 heteroatoms. The minimum atomic E-state index is -0.848. The second-order valence-electron chi connectivity index (χ2n) is 8.45. The average molecular weight is 424 g/mol. The highest BCUT2D eigenvalue weighted by molar-refractivity contribution is 5.89. The molecule has 0 aliphatic carbocycles. The number of hydrogen-bond donors (Lipinski definition) is 2. The van der Waals surface area contributed by atoms with Crippen molar-refractivity contribution in [3.05, 3.63) is 35.4 Å². The summed E-state index contributed by atoms with van der Waals surface area (Å²) in [5, 5.41) is 8.81. The third-order valence-corrected chi connectivity index (χ3v) is 4.63. The smallest absolute Gasteiger partial charge is 0.335 e. The number of nitrogens with two attached hydrogens (primary N) is 1. The highest BCUT2D eigenvalue weighted by Gasteiger charge is 2.16. The van der Waals surface area contributed by atoms with E-state index in [1.165, 1.54) is 14.0 Å². The van der Waals surface area contributed by atoms with Gasteiger partial charge in [0.05, 0.1) is 24.6 Å². The van der Waals surface area contributed by atoms with Crippen molar-refractivity contribution in [1.29, 1.82) is 0 Å². The molecule has 30 heavy (non-hydrogen) atoms. The molecular formula is C24H41NO5. The average Bonchev–Trinajstić information content (AvgIpc) is 2.66. The maximum Gasteiger partial charge on any atom is 0.335 e. The van der Waals surface area contributed by atoms with Crippen LogP contribution >= 0.6 is 0 Å². The fraction of sp³-hybridized carbons (Fsp3) is 0.625. The van der Waals surface area contributed by atoms with Gasteiger partial charge in [0, 0.05) is 0 Å². The Morgan fingerprint density at radius 1 is 1.00 bits per heavy atom. The quantitative estimate of drug-likeness (QED) is 0.604. The van der Waals surface area contributed by atoms with Crippen molar-refractivity contribution in [2.75, 3.05) is 7.11 Å². The predicted octanol–water partition coefficient (Wildman–Crippen LogP) is 4.91. The van der Waals surface area contributed by atoms with E-state index in [9.17, 15) is 14.4 Å². The zero-order valence-corrected chi connectivity index (χ0v) is 20.1. The van der Waals surface area contributed by atoms with E-state index in [1.807, 2.05) is 46.8 Å². The molecular weight excluding hydrogens is 382 g/mol. The van der Waals surface area contributed by atoms with Crippen LogP contribution in [0, 0.1) is 17.8 Å². The van der Waals surface area contributed by atoms with Crippen molar-refractivity contribution in [3.63, 3.8) is 0 Å². The number of carbonyl (C=O) groups excluding carboxylic acids is 2. The van der Waals surface area contributed by atoms with Crippen LogP contribution in [0.5, 0.6) is 0 Å². The Labute approximate surface area is 182 Å². The summed E-state index contributed by atoms with van der Waals surface area (Å²) in [6, 6.07) is 6.85. The summed E-state index contributed by atoms with van der Waals surface area (Å²) in [5.41, 5.74) is 6.77. The fourth-order valence-electron chi connectivity index (χ4n) is 2.33. The Morgan fingerprint density at radius 3 is 1.73 bits per heavy atom. The van der Waals surface area contributed by atoms with E-state index in [4.69, 9.17) is 10.8 Å². The monoisotopic (exact) mass is 423 g/mol. The number of ketones is 1. The second kappa shape index (κ2) is 15.6. The number of rotatable bonds is 7. The molecule has 0 saturated carbocycles. The van der Waals surface area contributed by atoms with Gasteiger partial charge in [0.25, 0.3) is 0 Å². The summed E-state index contributed by atoms with van der Waals surface area (Å²) in [7, 11) is 1.42. The van der Waals surface area contributed by atoms with E-state index >= 15 is 0 Å². The highest BCUT2D eigenvalue weighted by Crippen LogP contribution is 2.18. The Morgan fingerprint density at radius 2 is 1.50 bits per heavy atom. The zero-order valence-electron chi connectivity index (χ0n) is 20.1. The molecule has 0 aliphatic rings. The topological polar surface area (TPSA) is 107 Å². The van der Waals surface area contributed by atoms with Gasteiger partial charge in [-0.25, -0.2) is 4.79 Å². The molecule has 0 heterocycles. The molecule has 3 N–H and O–H groups in total. The summed E-state index contributed by atoms with van der Waals surface area (Å²) in [4.78, 5) is 32.0. The summed E-state index contributed by atoms with van der Waals surface area (Å²) in [5.74, 6) is 0.293. The predicted molar refractivity (Wildman–Crippen MR) is 122 cm³/mol. The van der Waals surface area contributed by atoms with Crippen molar-refractivity contribution >= 4 is 17.7 Å². The number of esters is 1. The van der Waals surface area contributed by atoms with Gasteiger partial charge in [0.1, 0.15) is 5.78 Å². The van der Waals surface area contributed by atoms with Crippen LogP contribution < -0.4 is 5.73 Å². The first-order chi connectivity index (χ1) is 13.8. The van der Waals surface area contributed by atoms with Crippen molar-refractivity contribution in [2.24, 2.45) is 23.5 Å². The van der Waals surface area contributed by atoms with Gasteiger partial charge in [-0.05, 0) is 42.7 Å². The lowest BCUT2D eigenvalue weighted by atomic mass is 9.97. The lowest BCUT2D eigenvalue weighted by Gasteiger charge is -2.11. The van der Waals surface area contributed by atoms with E-state index in [1.54, 1.807) is 12.1 Å². The molecule has 0 fully saturated rings. The number of ether oxygens (including phenoxy) is 1. The second-order valence-corrected chi connectivity index (χ2v) is 8.45. The summed E-state index contributed by atoms with van der Waals surface area (Å²) in [6.07, 6.45) is 0.801. The van der Waals surface area contributed by atoms with Gasteiger partial charge in [-0.2, -0.15) is 0 Å². The van der Waals surface area contributed by atoms with E-state index in [0.29, 0.717) is 17.4 Å². The Hall–Kier alpha value is -2.21. The number of benzene rings is 1. The summed E-state index contributed by atoms with van der Waals surface area (Å²) in [6.45, 7) is 15.5. The number of hydrogen-bond acceptors (Lipinski definition) is 5. The normalized spacial score (nSPS) is 12.3. The Balaban J connectivity index is 0.